The Morgan fingerprint density at radius 2 is 1.64 bits per heavy atom. The first kappa shape index (κ1) is 41.0. The first-order chi connectivity index (χ1) is 27.9. The Balaban J connectivity index is 1.25. The molecule has 1 amide bonds. The number of fused-ring (bicyclic) bond motifs is 11. The third kappa shape index (κ3) is 6.54. The zero-order chi connectivity index (χ0) is 42.1. The number of hydrogen-bond donors (Lipinski definition) is 2. The lowest BCUT2D eigenvalue weighted by Gasteiger charge is -2.47. The molecule has 9 heteroatoms. The number of hydrogen-bond acceptors (Lipinski definition) is 6. The fourth-order valence-corrected chi connectivity index (χ4v) is 11.1. The summed E-state index contributed by atoms with van der Waals surface area (Å²) in [5.74, 6) is -3.72. The van der Waals surface area contributed by atoms with Crippen LogP contribution in [0.5, 0.6) is 0 Å². The van der Waals surface area contributed by atoms with Crippen LogP contribution in [-0.2, 0) is 27.3 Å². The first-order valence-corrected chi connectivity index (χ1v) is 21.1. The number of amides is 1. The van der Waals surface area contributed by atoms with Crippen molar-refractivity contribution in [3.63, 3.8) is 0 Å². The maximum atomic E-state index is 15.5. The Bertz CT molecular complexity index is 2380. The van der Waals surface area contributed by atoms with Gasteiger partial charge in [-0.1, -0.05) is 87.0 Å². The normalized spacial score (nSPS) is 30.1. The Kier molecular flexibility index (Phi) is 10.3. The van der Waals surface area contributed by atoms with Gasteiger partial charge >= 0.3 is 5.97 Å². The summed E-state index contributed by atoms with van der Waals surface area (Å²) in [6.07, 6.45) is 5.82. The predicted molar refractivity (Wildman–Crippen MR) is 223 cm³/mol. The van der Waals surface area contributed by atoms with E-state index in [1.807, 2.05) is 82.3 Å². The zero-order valence-corrected chi connectivity index (χ0v) is 34.7. The lowest BCUT2D eigenvalue weighted by molar-refractivity contribution is -0.178. The third-order valence-corrected chi connectivity index (χ3v) is 15.5. The van der Waals surface area contributed by atoms with Gasteiger partial charge in [-0.05, 0) is 129 Å². The minimum atomic E-state index is -1.47. The fraction of sp³-hybridized carbons (Fsp3) is 0.460. The number of allylic oxidation sites excluding steroid dienone is 2. The van der Waals surface area contributed by atoms with Gasteiger partial charge in [0.05, 0.1) is 23.7 Å². The molecule has 1 saturated heterocycles. The molecule has 2 saturated carbocycles. The van der Waals surface area contributed by atoms with E-state index in [-0.39, 0.29) is 36.4 Å². The molecule has 5 aliphatic rings. The van der Waals surface area contributed by atoms with Crippen LogP contribution in [0, 0.1) is 27.9 Å². The van der Waals surface area contributed by atoms with E-state index in [4.69, 9.17) is 4.74 Å². The number of rotatable bonds is 7. The van der Waals surface area contributed by atoms with E-state index >= 15 is 4.79 Å². The second kappa shape index (κ2) is 14.8. The van der Waals surface area contributed by atoms with Crippen molar-refractivity contribution in [2.24, 2.45) is 16.2 Å². The number of benzene rings is 4. The van der Waals surface area contributed by atoms with E-state index in [0.29, 0.717) is 68.9 Å². The Morgan fingerprint density at radius 3 is 2.37 bits per heavy atom. The average molecular weight is 804 g/mol. The van der Waals surface area contributed by atoms with E-state index in [9.17, 15) is 28.6 Å². The SMILES string of the molecule is CC1=CCC[C@@]2(C)[C@@H](CC[C@@]2(O)CN(Cc2cccc3ccccc23)C(=O)[C@@]23CC[C@@](C)(C(=O)O2)C3(C)C)c2ccc(cc2C(=O)c2ccc(F)c(F)c2)C[C@@H](O)CC1. The Labute approximate surface area is 345 Å². The molecule has 3 fully saturated rings. The summed E-state index contributed by atoms with van der Waals surface area (Å²) < 4.78 is 34.9. The van der Waals surface area contributed by atoms with Crippen LogP contribution in [0.1, 0.15) is 125 Å². The van der Waals surface area contributed by atoms with E-state index in [0.717, 1.165) is 39.6 Å². The number of halogens is 2. The predicted octanol–water partition coefficient (Wildman–Crippen LogP) is 9.54. The molecule has 2 N–H and O–H groups in total. The lowest BCUT2D eigenvalue weighted by atomic mass is 9.64. The summed E-state index contributed by atoms with van der Waals surface area (Å²) in [6.45, 7) is 10.0. The van der Waals surface area contributed by atoms with E-state index in [1.54, 1.807) is 11.0 Å². The zero-order valence-electron chi connectivity index (χ0n) is 34.7. The van der Waals surface area contributed by atoms with Crippen LogP contribution < -0.4 is 0 Å². The minimum Gasteiger partial charge on any atom is -0.448 e. The van der Waals surface area contributed by atoms with Crippen molar-refractivity contribution in [1.29, 1.82) is 0 Å². The van der Waals surface area contributed by atoms with Gasteiger partial charge in [0.2, 0.25) is 0 Å². The van der Waals surface area contributed by atoms with E-state index in [1.165, 1.54) is 6.07 Å². The smallest absolute Gasteiger partial charge is 0.313 e. The van der Waals surface area contributed by atoms with Gasteiger partial charge in [0, 0.05) is 28.5 Å². The Morgan fingerprint density at radius 1 is 0.881 bits per heavy atom. The summed E-state index contributed by atoms with van der Waals surface area (Å²) in [7, 11) is 0. The van der Waals surface area contributed by atoms with Crippen LogP contribution in [0.4, 0.5) is 8.78 Å². The highest BCUT2D eigenvalue weighted by Crippen LogP contribution is 2.66. The highest BCUT2D eigenvalue weighted by atomic mass is 19.2. The molecule has 1 aliphatic heterocycles. The highest BCUT2D eigenvalue weighted by Gasteiger charge is 2.76. The molecule has 9 rings (SSSR count). The number of aliphatic hydroxyl groups excluding tert-OH is 1. The van der Waals surface area contributed by atoms with Gasteiger partial charge in [0.1, 0.15) is 0 Å². The van der Waals surface area contributed by atoms with Crippen molar-refractivity contribution in [3.05, 3.63) is 130 Å². The number of aliphatic hydroxyl groups is 2. The second-order valence-electron chi connectivity index (χ2n) is 18.9. The largest absolute Gasteiger partial charge is 0.448 e. The van der Waals surface area contributed by atoms with Gasteiger partial charge < -0.3 is 19.8 Å². The maximum Gasteiger partial charge on any atom is 0.313 e. The molecule has 4 aliphatic carbocycles. The van der Waals surface area contributed by atoms with Crippen LogP contribution in [0.25, 0.3) is 10.8 Å². The van der Waals surface area contributed by atoms with Crippen molar-refractivity contribution in [1.82, 2.24) is 4.90 Å². The van der Waals surface area contributed by atoms with Gasteiger partial charge in [0.15, 0.2) is 23.0 Å². The van der Waals surface area contributed by atoms with Crippen molar-refractivity contribution in [2.45, 2.75) is 122 Å². The molecule has 0 spiro atoms. The highest BCUT2D eigenvalue weighted by molar-refractivity contribution is 6.10. The number of carbonyl (C=O) groups excluding carboxylic acids is 3. The molecule has 7 nitrogen and oxygen atoms in total. The molecule has 310 valence electrons. The van der Waals surface area contributed by atoms with Crippen LogP contribution in [0.3, 0.4) is 0 Å². The quantitative estimate of drug-likeness (QED) is 0.110. The number of ether oxygens (including phenoxy) is 1. The lowest BCUT2D eigenvalue weighted by Crippen LogP contribution is -2.60. The number of carbonyl (C=O) groups is 3. The molecule has 1 heterocycles. The molecule has 59 heavy (non-hydrogen) atoms. The summed E-state index contributed by atoms with van der Waals surface area (Å²) in [5, 5.41) is 26.5. The van der Waals surface area contributed by atoms with Crippen LogP contribution >= 0.6 is 0 Å². The minimum absolute atomic E-state index is 0.000823. The average Bonchev–Trinajstić information content (AvgIpc) is 3.64. The van der Waals surface area contributed by atoms with E-state index < -0.39 is 51.0 Å². The van der Waals surface area contributed by atoms with Crippen molar-refractivity contribution >= 4 is 28.4 Å². The molecule has 0 aromatic heterocycles. The molecule has 0 radical (unpaired) electrons. The number of nitrogens with zero attached hydrogens (tertiary/aromatic N) is 1. The van der Waals surface area contributed by atoms with Gasteiger partial charge in [-0.25, -0.2) is 8.78 Å². The fourth-order valence-electron chi connectivity index (χ4n) is 11.1. The molecule has 4 aromatic rings. The maximum absolute atomic E-state index is 15.5. The monoisotopic (exact) mass is 803 g/mol. The van der Waals surface area contributed by atoms with Gasteiger partial charge in [-0.15, -0.1) is 0 Å². The molecule has 4 aromatic carbocycles. The third-order valence-electron chi connectivity index (χ3n) is 15.5. The first-order valence-electron chi connectivity index (χ1n) is 21.1. The molecule has 4 bridgehead atoms. The summed E-state index contributed by atoms with van der Waals surface area (Å²) in [4.78, 5) is 45.1. The van der Waals surface area contributed by atoms with Crippen molar-refractivity contribution in [2.75, 3.05) is 6.54 Å². The topological polar surface area (TPSA) is 104 Å². The number of ketones is 1. The summed E-state index contributed by atoms with van der Waals surface area (Å²) >= 11 is 0. The van der Waals surface area contributed by atoms with Crippen LogP contribution in [-0.4, -0.2) is 56.6 Å². The molecular weight excluding hydrogens is 749 g/mol. The van der Waals surface area contributed by atoms with Crippen LogP contribution in [0.15, 0.2) is 90.5 Å². The van der Waals surface area contributed by atoms with Crippen LogP contribution in [0.2, 0.25) is 0 Å². The molecule has 6 atom stereocenters. The van der Waals surface area contributed by atoms with Gasteiger partial charge in [-0.3, -0.25) is 14.4 Å². The number of esters is 1. The summed E-state index contributed by atoms with van der Waals surface area (Å²) in [5.41, 5.74) is -1.66. The second-order valence-corrected chi connectivity index (χ2v) is 18.9. The Hall–Kier alpha value is -4.73. The molecule has 0 unspecified atom stereocenters. The van der Waals surface area contributed by atoms with Gasteiger partial charge in [0.25, 0.3) is 5.91 Å². The van der Waals surface area contributed by atoms with E-state index in [2.05, 4.69) is 13.0 Å². The van der Waals surface area contributed by atoms with Crippen molar-refractivity contribution < 1.29 is 38.1 Å². The van der Waals surface area contributed by atoms with Gasteiger partial charge in [-0.2, -0.15) is 0 Å². The van der Waals surface area contributed by atoms with Crippen molar-refractivity contribution in [3.8, 4) is 0 Å². The molecular formula is C50H55F2NO6. The standard InChI is InChI=1S/C50H55F2NO6/c1-31-10-9-22-47(4)40(38-19-16-32(26-36(54)18-15-31)27-39(38)43(55)34-17-20-41(51)42(52)28-34)21-23-49(47,58)30-53(29-35-13-8-12-33-11-6-7-14-37(33)35)44(56)50-25-24-48(5,45(57)59-50)46(50,2)3/h6-8,10-14,16-17,19-20,27-28,36,40,54,58H,9,15,18,21-26,29-30H2,1-5H3/t36-,40-,47-,48-,49+,50+/m0/s1. The summed E-state index contributed by atoms with van der Waals surface area (Å²) in [6, 6.07) is 22.7.